The van der Waals surface area contributed by atoms with Gasteiger partial charge < -0.3 is 16.0 Å². The number of anilines is 2. The van der Waals surface area contributed by atoms with Crippen molar-refractivity contribution in [3.05, 3.63) is 59.7 Å². The number of rotatable bonds is 4. The second-order valence-electron chi connectivity index (χ2n) is 5.44. The molecule has 24 heavy (non-hydrogen) atoms. The van der Waals surface area contributed by atoms with Gasteiger partial charge >= 0.3 is 6.03 Å². The van der Waals surface area contributed by atoms with Crippen molar-refractivity contribution in [2.45, 2.75) is 19.9 Å². The molecule has 0 bridgehead atoms. The van der Waals surface area contributed by atoms with Gasteiger partial charge in [-0.25, -0.2) is 4.79 Å². The molecule has 3 N–H and O–H groups in total. The van der Waals surface area contributed by atoms with Gasteiger partial charge in [-0.3, -0.25) is 4.79 Å². The first-order valence-corrected chi connectivity index (χ1v) is 7.47. The van der Waals surface area contributed by atoms with Crippen LogP contribution in [0.15, 0.2) is 48.5 Å². The number of carbonyl (C=O) groups excluding carboxylic acids is 2. The minimum Gasteiger partial charge on any atom is -0.336 e. The van der Waals surface area contributed by atoms with Crippen molar-refractivity contribution in [2.75, 3.05) is 10.6 Å². The molecule has 6 heteroatoms. The molecule has 0 saturated heterocycles. The number of nitrogens with zero attached hydrogens (tertiary/aromatic N) is 1. The SMILES string of the molecule is CC(C)NC(=O)Nc1ccccc1NC(=O)c1ccc(C#N)cc1. The quantitative estimate of drug-likeness (QED) is 0.805. The Hall–Kier alpha value is -3.33. The van der Waals surface area contributed by atoms with Crippen LogP contribution in [0.2, 0.25) is 0 Å². The Morgan fingerprint density at radius 1 is 0.958 bits per heavy atom. The number of nitriles is 1. The fraction of sp³-hybridized carbons (Fsp3) is 0.167. The van der Waals surface area contributed by atoms with Gasteiger partial charge in [-0.1, -0.05) is 12.1 Å². The number of carbonyl (C=O) groups is 2. The first-order chi connectivity index (χ1) is 11.5. The van der Waals surface area contributed by atoms with Gasteiger partial charge in [-0.05, 0) is 50.2 Å². The van der Waals surface area contributed by atoms with E-state index in [1.807, 2.05) is 19.9 Å². The molecular formula is C18H18N4O2. The van der Waals surface area contributed by atoms with Crippen molar-refractivity contribution in [3.8, 4) is 6.07 Å². The van der Waals surface area contributed by atoms with Gasteiger partial charge in [-0.2, -0.15) is 5.26 Å². The summed E-state index contributed by atoms with van der Waals surface area (Å²) in [6, 6.07) is 14.9. The number of nitrogens with one attached hydrogen (secondary N) is 3. The fourth-order valence-corrected chi connectivity index (χ4v) is 2.01. The Balaban J connectivity index is 2.13. The lowest BCUT2D eigenvalue weighted by Crippen LogP contribution is -2.34. The number of para-hydroxylation sites is 2. The number of hydrogen-bond donors (Lipinski definition) is 3. The highest BCUT2D eigenvalue weighted by Crippen LogP contribution is 2.21. The van der Waals surface area contributed by atoms with Crippen LogP contribution in [-0.4, -0.2) is 18.0 Å². The first kappa shape index (κ1) is 17.0. The summed E-state index contributed by atoms with van der Waals surface area (Å²) in [4.78, 5) is 24.1. The predicted octanol–water partition coefficient (Wildman–Crippen LogP) is 3.34. The highest BCUT2D eigenvalue weighted by atomic mass is 16.2. The van der Waals surface area contributed by atoms with E-state index < -0.39 is 0 Å². The molecule has 2 rings (SSSR count). The lowest BCUT2D eigenvalue weighted by molar-refractivity contribution is 0.102. The summed E-state index contributed by atoms with van der Waals surface area (Å²) in [7, 11) is 0. The lowest BCUT2D eigenvalue weighted by atomic mass is 10.1. The van der Waals surface area contributed by atoms with E-state index in [0.717, 1.165) is 0 Å². The molecule has 0 aliphatic heterocycles. The van der Waals surface area contributed by atoms with Crippen LogP contribution in [0, 0.1) is 11.3 Å². The molecule has 2 aromatic carbocycles. The largest absolute Gasteiger partial charge is 0.336 e. The Morgan fingerprint density at radius 3 is 2.08 bits per heavy atom. The number of benzene rings is 2. The van der Waals surface area contributed by atoms with Crippen molar-refractivity contribution in [2.24, 2.45) is 0 Å². The average Bonchev–Trinajstić information content (AvgIpc) is 2.56. The molecule has 2 aromatic rings. The highest BCUT2D eigenvalue weighted by molar-refractivity contribution is 6.07. The third-order valence-corrected chi connectivity index (χ3v) is 3.12. The molecule has 0 fully saturated rings. The van der Waals surface area contributed by atoms with Crippen LogP contribution in [0.4, 0.5) is 16.2 Å². The van der Waals surface area contributed by atoms with Crippen molar-refractivity contribution < 1.29 is 9.59 Å². The molecule has 0 aliphatic rings. The zero-order chi connectivity index (χ0) is 17.5. The summed E-state index contributed by atoms with van der Waals surface area (Å²) < 4.78 is 0. The van der Waals surface area contributed by atoms with Crippen LogP contribution in [-0.2, 0) is 0 Å². The Labute approximate surface area is 140 Å². The molecule has 0 aromatic heterocycles. The maximum Gasteiger partial charge on any atom is 0.319 e. The summed E-state index contributed by atoms with van der Waals surface area (Å²) in [5, 5.41) is 17.0. The second kappa shape index (κ2) is 7.79. The summed E-state index contributed by atoms with van der Waals surface area (Å²) in [6.45, 7) is 3.72. The molecular weight excluding hydrogens is 304 g/mol. The van der Waals surface area contributed by atoms with Crippen LogP contribution < -0.4 is 16.0 Å². The van der Waals surface area contributed by atoms with Crippen LogP contribution in [0.1, 0.15) is 29.8 Å². The molecule has 0 saturated carbocycles. The van der Waals surface area contributed by atoms with Crippen molar-refractivity contribution in [3.63, 3.8) is 0 Å². The predicted molar refractivity (Wildman–Crippen MR) is 92.8 cm³/mol. The maximum absolute atomic E-state index is 12.3. The molecule has 0 radical (unpaired) electrons. The van der Waals surface area contributed by atoms with Crippen LogP contribution >= 0.6 is 0 Å². The first-order valence-electron chi connectivity index (χ1n) is 7.47. The number of amides is 3. The number of urea groups is 1. The number of hydrogen-bond acceptors (Lipinski definition) is 3. The molecule has 0 aliphatic carbocycles. The smallest absolute Gasteiger partial charge is 0.319 e. The van der Waals surface area contributed by atoms with Crippen LogP contribution in [0.3, 0.4) is 0 Å². The van der Waals surface area contributed by atoms with E-state index in [0.29, 0.717) is 22.5 Å². The minimum atomic E-state index is -0.343. The van der Waals surface area contributed by atoms with Crippen molar-refractivity contribution in [1.82, 2.24) is 5.32 Å². The zero-order valence-corrected chi connectivity index (χ0v) is 13.5. The highest BCUT2D eigenvalue weighted by Gasteiger charge is 2.11. The third kappa shape index (κ3) is 4.58. The summed E-state index contributed by atoms with van der Waals surface area (Å²) in [5.41, 5.74) is 1.90. The third-order valence-electron chi connectivity index (χ3n) is 3.12. The Bertz CT molecular complexity index is 776. The van der Waals surface area contributed by atoms with Crippen LogP contribution in [0.25, 0.3) is 0 Å². The molecule has 0 heterocycles. The summed E-state index contributed by atoms with van der Waals surface area (Å²) in [6.07, 6.45) is 0. The van der Waals surface area contributed by atoms with Crippen molar-refractivity contribution in [1.29, 1.82) is 5.26 Å². The Morgan fingerprint density at radius 2 is 1.54 bits per heavy atom. The van der Waals surface area contributed by atoms with E-state index in [2.05, 4.69) is 16.0 Å². The standard InChI is InChI=1S/C18H18N4O2/c1-12(2)20-18(24)22-16-6-4-3-5-15(16)21-17(23)14-9-7-13(11-19)8-10-14/h3-10,12H,1-2H3,(H,21,23)(H2,20,22,24). The molecule has 0 spiro atoms. The van der Waals surface area contributed by atoms with E-state index in [9.17, 15) is 9.59 Å². The molecule has 6 nitrogen and oxygen atoms in total. The molecule has 3 amide bonds. The van der Waals surface area contributed by atoms with Crippen LogP contribution in [0.5, 0.6) is 0 Å². The lowest BCUT2D eigenvalue weighted by Gasteiger charge is -2.14. The van der Waals surface area contributed by atoms with E-state index in [4.69, 9.17) is 5.26 Å². The average molecular weight is 322 g/mol. The van der Waals surface area contributed by atoms with Gasteiger partial charge in [0.1, 0.15) is 0 Å². The van der Waals surface area contributed by atoms with E-state index in [1.165, 1.54) is 0 Å². The minimum absolute atomic E-state index is 0.00500. The van der Waals surface area contributed by atoms with Gasteiger partial charge in [0.15, 0.2) is 0 Å². The van der Waals surface area contributed by atoms with Gasteiger partial charge in [0.2, 0.25) is 0 Å². The van der Waals surface area contributed by atoms with Gasteiger partial charge in [-0.15, -0.1) is 0 Å². The van der Waals surface area contributed by atoms with E-state index >= 15 is 0 Å². The fourth-order valence-electron chi connectivity index (χ4n) is 2.01. The molecule has 122 valence electrons. The summed E-state index contributed by atoms with van der Waals surface area (Å²) >= 11 is 0. The van der Waals surface area contributed by atoms with E-state index in [-0.39, 0.29) is 18.0 Å². The topological polar surface area (TPSA) is 94.0 Å². The van der Waals surface area contributed by atoms with Crippen molar-refractivity contribution >= 4 is 23.3 Å². The zero-order valence-electron chi connectivity index (χ0n) is 13.5. The summed E-state index contributed by atoms with van der Waals surface area (Å²) in [5.74, 6) is -0.321. The monoisotopic (exact) mass is 322 g/mol. The molecule has 0 unspecified atom stereocenters. The Kier molecular flexibility index (Phi) is 5.53. The maximum atomic E-state index is 12.3. The second-order valence-corrected chi connectivity index (χ2v) is 5.44. The van der Waals surface area contributed by atoms with E-state index in [1.54, 1.807) is 48.5 Å². The van der Waals surface area contributed by atoms with Gasteiger partial charge in [0.05, 0.1) is 23.0 Å². The van der Waals surface area contributed by atoms with Gasteiger partial charge in [0, 0.05) is 11.6 Å². The van der Waals surface area contributed by atoms with Gasteiger partial charge in [0.25, 0.3) is 5.91 Å². The normalized spacial score (nSPS) is 9.92. The molecule has 0 atom stereocenters.